The molecular formula is C33H37ClN2OS. The van der Waals surface area contributed by atoms with Crippen LogP contribution in [0.5, 0.6) is 0 Å². The molecule has 0 atom stereocenters. The quantitative estimate of drug-likeness (QED) is 0.214. The molecule has 2 N–H and O–H groups in total. The van der Waals surface area contributed by atoms with E-state index in [1.807, 2.05) is 62.2 Å². The summed E-state index contributed by atoms with van der Waals surface area (Å²) < 4.78 is 2.42. The van der Waals surface area contributed by atoms with Crippen molar-refractivity contribution in [1.29, 1.82) is 0 Å². The Balaban J connectivity index is 0.00000195. The molecule has 0 bridgehead atoms. The van der Waals surface area contributed by atoms with E-state index in [4.69, 9.17) is 17.3 Å². The fourth-order valence-electron chi connectivity index (χ4n) is 4.40. The molecule has 0 aliphatic heterocycles. The molecule has 3 nitrogen and oxygen atoms in total. The van der Waals surface area contributed by atoms with Crippen LogP contribution in [0, 0.1) is 20.8 Å². The van der Waals surface area contributed by atoms with Gasteiger partial charge in [-0.25, -0.2) is 4.31 Å². The summed E-state index contributed by atoms with van der Waals surface area (Å²) in [5, 5.41) is 0.771. The highest BCUT2D eigenvalue weighted by Crippen LogP contribution is 2.32. The molecule has 0 spiro atoms. The number of hydrogen-bond donors (Lipinski definition) is 1. The van der Waals surface area contributed by atoms with Gasteiger partial charge in [-0.3, -0.25) is 4.79 Å². The van der Waals surface area contributed by atoms with Gasteiger partial charge in [-0.05, 0) is 96.8 Å². The van der Waals surface area contributed by atoms with E-state index in [0.29, 0.717) is 5.56 Å². The van der Waals surface area contributed by atoms with Gasteiger partial charge in [0.2, 0.25) is 5.91 Å². The van der Waals surface area contributed by atoms with Gasteiger partial charge in [0.25, 0.3) is 0 Å². The van der Waals surface area contributed by atoms with Crippen LogP contribution < -0.4 is 5.73 Å². The number of amides is 1. The Hall–Kier alpha value is -3.05. The molecule has 0 saturated heterocycles. The zero-order chi connectivity index (χ0) is 27.7. The van der Waals surface area contributed by atoms with E-state index in [2.05, 4.69) is 67.5 Å². The molecule has 38 heavy (non-hydrogen) atoms. The number of primary amides is 1. The number of rotatable bonds is 9. The number of benzene rings is 4. The molecule has 1 amide bonds. The van der Waals surface area contributed by atoms with E-state index >= 15 is 0 Å². The summed E-state index contributed by atoms with van der Waals surface area (Å²) in [5.74, 6) is -0.414. The largest absolute Gasteiger partial charge is 0.366 e. The van der Waals surface area contributed by atoms with Crippen LogP contribution in [0.3, 0.4) is 0 Å². The van der Waals surface area contributed by atoms with Gasteiger partial charge in [0.15, 0.2) is 0 Å². The summed E-state index contributed by atoms with van der Waals surface area (Å²) in [7, 11) is 0. The number of carbonyl (C=O) groups excluding carboxylic acids is 1. The molecule has 0 radical (unpaired) electrons. The Morgan fingerprint density at radius 3 is 2.11 bits per heavy atom. The first kappa shape index (κ1) is 29.5. The summed E-state index contributed by atoms with van der Waals surface area (Å²) >= 11 is 8.05. The van der Waals surface area contributed by atoms with Crippen molar-refractivity contribution in [2.45, 2.75) is 52.5 Å². The maximum atomic E-state index is 11.6. The first-order chi connectivity index (χ1) is 18.3. The standard InChI is InChI=1S/C31H31ClN2OS.C2H6/c1-21-16-22(2)30(23(3)17-21)36-34(15-14-24-6-4-9-29(32)18-24)20-25-10-12-26(13-11-25)27-7-5-8-28(19-27)31(33)35;1-2/h4-13,16-19H,14-15,20H2,1-3H3,(H2,33,35);1-2H3. The zero-order valence-electron chi connectivity index (χ0n) is 22.9. The van der Waals surface area contributed by atoms with Crippen molar-refractivity contribution < 1.29 is 4.79 Å². The molecule has 0 saturated carbocycles. The molecule has 4 aromatic carbocycles. The number of carbonyl (C=O) groups is 1. The predicted octanol–water partition coefficient (Wildman–Crippen LogP) is 8.81. The third kappa shape index (κ3) is 8.22. The van der Waals surface area contributed by atoms with Gasteiger partial charge in [-0.1, -0.05) is 91.7 Å². The minimum atomic E-state index is -0.414. The van der Waals surface area contributed by atoms with Gasteiger partial charge < -0.3 is 5.73 Å². The second-order valence-corrected chi connectivity index (χ2v) is 10.7. The maximum Gasteiger partial charge on any atom is 0.248 e. The van der Waals surface area contributed by atoms with Crippen LogP contribution in [-0.2, 0) is 13.0 Å². The van der Waals surface area contributed by atoms with Crippen LogP contribution in [0.25, 0.3) is 11.1 Å². The third-order valence-corrected chi connectivity index (χ3v) is 7.79. The van der Waals surface area contributed by atoms with Crippen molar-refractivity contribution in [2.75, 3.05) is 6.54 Å². The minimum Gasteiger partial charge on any atom is -0.366 e. The van der Waals surface area contributed by atoms with Crippen LogP contribution in [0.1, 0.15) is 52.0 Å². The van der Waals surface area contributed by atoms with Crippen molar-refractivity contribution in [3.05, 3.63) is 123 Å². The molecule has 0 heterocycles. The number of halogens is 1. The average Bonchev–Trinajstić information content (AvgIpc) is 2.91. The van der Waals surface area contributed by atoms with Crippen LogP contribution >= 0.6 is 23.5 Å². The van der Waals surface area contributed by atoms with Crippen LogP contribution in [-0.4, -0.2) is 16.8 Å². The van der Waals surface area contributed by atoms with Crippen molar-refractivity contribution in [3.8, 4) is 11.1 Å². The van der Waals surface area contributed by atoms with Crippen molar-refractivity contribution >= 4 is 29.5 Å². The predicted molar refractivity (Wildman–Crippen MR) is 164 cm³/mol. The number of hydrogen-bond acceptors (Lipinski definition) is 3. The van der Waals surface area contributed by atoms with Gasteiger partial charge in [0, 0.05) is 28.6 Å². The second-order valence-electron chi connectivity index (χ2n) is 9.20. The Bertz CT molecular complexity index is 1340. The molecule has 0 unspecified atom stereocenters. The van der Waals surface area contributed by atoms with Gasteiger partial charge in [0.1, 0.15) is 0 Å². The number of aryl methyl sites for hydroxylation is 3. The van der Waals surface area contributed by atoms with E-state index < -0.39 is 5.91 Å². The molecule has 0 aromatic heterocycles. The fourth-order valence-corrected chi connectivity index (χ4v) is 5.67. The summed E-state index contributed by atoms with van der Waals surface area (Å²) in [6.07, 6.45) is 0.912. The molecular weight excluding hydrogens is 508 g/mol. The van der Waals surface area contributed by atoms with Crippen LogP contribution in [0.4, 0.5) is 0 Å². The van der Waals surface area contributed by atoms with Crippen LogP contribution in [0.2, 0.25) is 5.02 Å². The molecule has 0 aliphatic rings. The highest BCUT2D eigenvalue weighted by atomic mass is 35.5. The lowest BCUT2D eigenvalue weighted by molar-refractivity contribution is 0.100. The number of nitrogens with zero attached hydrogens (tertiary/aromatic N) is 1. The summed E-state index contributed by atoms with van der Waals surface area (Å²) in [6.45, 7) is 12.2. The highest BCUT2D eigenvalue weighted by Gasteiger charge is 2.14. The van der Waals surface area contributed by atoms with E-state index in [1.165, 1.54) is 32.7 Å². The average molecular weight is 545 g/mol. The van der Waals surface area contributed by atoms with E-state index in [9.17, 15) is 4.79 Å². The Kier molecular flexibility index (Phi) is 11.0. The van der Waals surface area contributed by atoms with Crippen molar-refractivity contribution in [1.82, 2.24) is 4.31 Å². The van der Waals surface area contributed by atoms with Crippen molar-refractivity contribution in [2.24, 2.45) is 5.73 Å². The van der Waals surface area contributed by atoms with E-state index in [0.717, 1.165) is 35.7 Å². The Labute approximate surface area is 237 Å². The van der Waals surface area contributed by atoms with Gasteiger partial charge in [-0.2, -0.15) is 0 Å². The lowest BCUT2D eigenvalue weighted by atomic mass is 10.0. The van der Waals surface area contributed by atoms with Gasteiger partial charge >= 0.3 is 0 Å². The van der Waals surface area contributed by atoms with Gasteiger partial charge in [-0.15, -0.1) is 0 Å². The lowest BCUT2D eigenvalue weighted by Gasteiger charge is -2.24. The minimum absolute atomic E-state index is 0.414. The first-order valence-corrected chi connectivity index (χ1v) is 14.2. The molecule has 4 aromatic rings. The van der Waals surface area contributed by atoms with Gasteiger partial charge in [0.05, 0.1) is 0 Å². The normalized spacial score (nSPS) is 10.7. The zero-order valence-corrected chi connectivity index (χ0v) is 24.5. The third-order valence-electron chi connectivity index (χ3n) is 6.16. The van der Waals surface area contributed by atoms with E-state index in [-0.39, 0.29) is 0 Å². The lowest BCUT2D eigenvalue weighted by Crippen LogP contribution is -2.19. The second kappa shape index (κ2) is 14.2. The number of nitrogens with two attached hydrogens (primary N) is 1. The highest BCUT2D eigenvalue weighted by molar-refractivity contribution is 7.97. The SMILES string of the molecule is CC.Cc1cc(C)c(SN(CCc2cccc(Cl)c2)Cc2ccc(-c3cccc(C(N)=O)c3)cc2)c(C)c1. The molecule has 0 fully saturated rings. The maximum absolute atomic E-state index is 11.6. The first-order valence-electron chi connectivity index (χ1n) is 13.0. The summed E-state index contributed by atoms with van der Waals surface area (Å²) in [6, 6.07) is 28.6. The smallest absolute Gasteiger partial charge is 0.248 e. The van der Waals surface area contributed by atoms with Crippen molar-refractivity contribution in [3.63, 3.8) is 0 Å². The molecule has 0 aliphatic carbocycles. The molecule has 198 valence electrons. The monoisotopic (exact) mass is 544 g/mol. The summed E-state index contributed by atoms with van der Waals surface area (Å²) in [5.41, 5.74) is 14.4. The summed E-state index contributed by atoms with van der Waals surface area (Å²) in [4.78, 5) is 12.9. The Morgan fingerprint density at radius 2 is 1.47 bits per heavy atom. The molecule has 5 heteroatoms. The fraction of sp³-hybridized carbons (Fsp3) is 0.242. The van der Waals surface area contributed by atoms with Crippen LogP contribution in [0.15, 0.2) is 89.8 Å². The topological polar surface area (TPSA) is 46.3 Å². The van der Waals surface area contributed by atoms with E-state index in [1.54, 1.807) is 6.07 Å². The molecule has 4 rings (SSSR count). The Morgan fingerprint density at radius 1 is 0.816 bits per heavy atom.